The summed E-state index contributed by atoms with van der Waals surface area (Å²) in [5.41, 5.74) is 0.536. The highest BCUT2D eigenvalue weighted by Crippen LogP contribution is 2.22. The molecule has 0 amide bonds. The van der Waals surface area contributed by atoms with Crippen LogP contribution in [0, 0.1) is 0 Å². The minimum Gasteiger partial charge on any atom is -0.401 e. The zero-order chi connectivity index (χ0) is 13.3. The van der Waals surface area contributed by atoms with Crippen LogP contribution in [0.5, 0.6) is 0 Å². The molecule has 1 aliphatic heterocycles. The van der Waals surface area contributed by atoms with Gasteiger partial charge in [-0.1, -0.05) is 18.2 Å². The van der Waals surface area contributed by atoms with Gasteiger partial charge in [-0.2, -0.15) is 13.2 Å². The van der Waals surface area contributed by atoms with Crippen LogP contribution in [-0.4, -0.2) is 29.9 Å². The third-order valence-corrected chi connectivity index (χ3v) is 2.24. The molecule has 1 aliphatic carbocycles. The summed E-state index contributed by atoms with van der Waals surface area (Å²) in [6.45, 7) is 0. The Hall–Kier alpha value is -2.18. The van der Waals surface area contributed by atoms with E-state index in [-0.39, 0.29) is 5.78 Å². The standard InChI is InChI=1S/C11H6F3NO3/c12-11(13,14)10(17)18-8-5-4-6-2-1-3-7(16)9(6)15-8/h1-5,9H. The van der Waals surface area contributed by atoms with E-state index in [0.29, 0.717) is 5.57 Å². The first-order valence-corrected chi connectivity index (χ1v) is 4.85. The number of fused-ring (bicyclic) bond motifs is 1. The van der Waals surface area contributed by atoms with Gasteiger partial charge in [0.1, 0.15) is 6.04 Å². The first-order valence-electron chi connectivity index (χ1n) is 4.85. The van der Waals surface area contributed by atoms with E-state index in [1.807, 2.05) is 0 Å². The molecule has 0 N–H and O–H groups in total. The van der Waals surface area contributed by atoms with Gasteiger partial charge in [-0.15, -0.1) is 0 Å². The van der Waals surface area contributed by atoms with Crippen molar-refractivity contribution in [2.75, 3.05) is 0 Å². The molecule has 94 valence electrons. The molecule has 1 heterocycles. The van der Waals surface area contributed by atoms with Crippen LogP contribution in [0.1, 0.15) is 0 Å². The van der Waals surface area contributed by atoms with Crippen molar-refractivity contribution in [1.82, 2.24) is 0 Å². The minimum atomic E-state index is -5.09. The van der Waals surface area contributed by atoms with Crippen LogP contribution < -0.4 is 0 Å². The van der Waals surface area contributed by atoms with Crippen molar-refractivity contribution in [2.24, 2.45) is 4.99 Å². The predicted molar refractivity (Wildman–Crippen MR) is 54.7 cm³/mol. The lowest BCUT2D eigenvalue weighted by atomic mass is 9.96. The lowest BCUT2D eigenvalue weighted by molar-refractivity contribution is -0.191. The molecule has 1 unspecified atom stereocenters. The number of dihydropyridines is 1. The number of aliphatic imine (C=N–C) groups is 1. The fourth-order valence-corrected chi connectivity index (χ4v) is 1.44. The van der Waals surface area contributed by atoms with Crippen LogP contribution in [-0.2, 0) is 14.3 Å². The first-order chi connectivity index (χ1) is 8.38. The molecule has 2 aliphatic rings. The second-order valence-corrected chi connectivity index (χ2v) is 3.52. The average molecular weight is 257 g/mol. The number of rotatable bonds is 0. The summed E-state index contributed by atoms with van der Waals surface area (Å²) in [7, 11) is 0. The molecular weight excluding hydrogens is 251 g/mol. The summed E-state index contributed by atoms with van der Waals surface area (Å²) in [6.07, 6.45) is 1.77. The van der Waals surface area contributed by atoms with Gasteiger partial charge in [-0.05, 0) is 11.6 Å². The number of carbonyl (C=O) groups excluding carboxylic acids is 2. The van der Waals surface area contributed by atoms with Gasteiger partial charge < -0.3 is 4.74 Å². The van der Waals surface area contributed by atoms with Crippen molar-refractivity contribution in [3.63, 3.8) is 0 Å². The summed E-state index contributed by atoms with van der Waals surface area (Å²) in [4.78, 5) is 25.7. The molecule has 7 heteroatoms. The Kier molecular flexibility index (Phi) is 2.90. The van der Waals surface area contributed by atoms with Gasteiger partial charge in [0.25, 0.3) is 0 Å². The lowest BCUT2D eigenvalue weighted by Crippen LogP contribution is -2.31. The Bertz CT molecular complexity index is 526. The number of alkyl halides is 3. The highest BCUT2D eigenvalue weighted by molar-refractivity contribution is 6.05. The molecule has 0 saturated carbocycles. The van der Waals surface area contributed by atoms with Gasteiger partial charge in [0.2, 0.25) is 5.90 Å². The maximum Gasteiger partial charge on any atom is 0.491 e. The number of ether oxygens (including phenoxy) is 1. The highest BCUT2D eigenvalue weighted by atomic mass is 19.4. The summed E-state index contributed by atoms with van der Waals surface area (Å²) in [5, 5.41) is 0. The van der Waals surface area contributed by atoms with E-state index in [0.717, 1.165) is 6.08 Å². The van der Waals surface area contributed by atoms with Gasteiger partial charge >= 0.3 is 12.1 Å². The topological polar surface area (TPSA) is 55.7 Å². The molecule has 0 bridgehead atoms. The molecule has 0 aromatic heterocycles. The van der Waals surface area contributed by atoms with Crippen LogP contribution in [0.2, 0.25) is 0 Å². The molecule has 1 atom stereocenters. The lowest BCUT2D eigenvalue weighted by Gasteiger charge is -2.18. The fraction of sp³-hybridized carbons (Fsp3) is 0.182. The van der Waals surface area contributed by atoms with E-state index in [1.54, 1.807) is 6.08 Å². The number of esters is 1. The second-order valence-electron chi connectivity index (χ2n) is 3.52. The van der Waals surface area contributed by atoms with Crippen molar-refractivity contribution in [3.05, 3.63) is 36.0 Å². The summed E-state index contributed by atoms with van der Waals surface area (Å²) in [5.74, 6) is -3.27. The van der Waals surface area contributed by atoms with Crippen molar-refractivity contribution in [2.45, 2.75) is 12.2 Å². The van der Waals surface area contributed by atoms with E-state index in [9.17, 15) is 22.8 Å². The number of halogens is 3. The van der Waals surface area contributed by atoms with Gasteiger partial charge in [0, 0.05) is 6.08 Å². The van der Waals surface area contributed by atoms with Gasteiger partial charge in [-0.25, -0.2) is 9.79 Å². The molecular formula is C11H6F3NO3. The van der Waals surface area contributed by atoms with E-state index in [4.69, 9.17) is 0 Å². The van der Waals surface area contributed by atoms with E-state index >= 15 is 0 Å². The van der Waals surface area contributed by atoms with Gasteiger partial charge in [0.15, 0.2) is 5.78 Å². The van der Waals surface area contributed by atoms with Crippen LogP contribution in [0.15, 0.2) is 40.9 Å². The summed E-state index contributed by atoms with van der Waals surface area (Å²) >= 11 is 0. The molecule has 0 aromatic rings. The van der Waals surface area contributed by atoms with Crippen LogP contribution in [0.3, 0.4) is 0 Å². The minimum absolute atomic E-state index is 0.377. The zero-order valence-electron chi connectivity index (χ0n) is 8.77. The largest absolute Gasteiger partial charge is 0.491 e. The Morgan fingerprint density at radius 1 is 1.28 bits per heavy atom. The van der Waals surface area contributed by atoms with E-state index in [2.05, 4.69) is 9.73 Å². The SMILES string of the molecule is O=C1C=CC=C2C=CC(OC(=O)C(F)(F)F)=NC12. The number of nitrogens with zero attached hydrogens (tertiary/aromatic N) is 1. The monoisotopic (exact) mass is 257 g/mol. The number of hydrogen-bond acceptors (Lipinski definition) is 4. The van der Waals surface area contributed by atoms with Gasteiger partial charge in [-0.3, -0.25) is 4.79 Å². The maximum absolute atomic E-state index is 12.0. The summed E-state index contributed by atoms with van der Waals surface area (Å²) < 4.78 is 40.0. The van der Waals surface area contributed by atoms with Crippen LogP contribution >= 0.6 is 0 Å². The number of allylic oxidation sites excluding steroid dienone is 2. The molecule has 2 rings (SSSR count). The zero-order valence-corrected chi connectivity index (χ0v) is 8.77. The highest BCUT2D eigenvalue weighted by Gasteiger charge is 2.42. The van der Waals surface area contributed by atoms with Crippen molar-refractivity contribution in [1.29, 1.82) is 0 Å². The molecule has 18 heavy (non-hydrogen) atoms. The number of hydrogen-bond donors (Lipinski definition) is 0. The Morgan fingerprint density at radius 2 is 2.00 bits per heavy atom. The molecule has 4 nitrogen and oxygen atoms in total. The molecule has 0 aromatic carbocycles. The van der Waals surface area contributed by atoms with Gasteiger partial charge in [0.05, 0.1) is 0 Å². The summed E-state index contributed by atoms with van der Waals surface area (Å²) in [6, 6.07) is -0.934. The normalized spacial score (nSPS) is 22.2. The molecule has 0 fully saturated rings. The Labute approximate surface area is 99.1 Å². The van der Waals surface area contributed by atoms with Crippen LogP contribution in [0.25, 0.3) is 0 Å². The Morgan fingerprint density at radius 3 is 2.67 bits per heavy atom. The molecule has 0 spiro atoms. The van der Waals surface area contributed by atoms with Crippen molar-refractivity contribution in [3.8, 4) is 0 Å². The number of ketones is 1. The Balaban J connectivity index is 2.16. The number of carbonyl (C=O) groups is 2. The van der Waals surface area contributed by atoms with Crippen LogP contribution in [0.4, 0.5) is 13.2 Å². The van der Waals surface area contributed by atoms with E-state index in [1.165, 1.54) is 18.2 Å². The first kappa shape index (κ1) is 12.3. The second kappa shape index (κ2) is 4.25. The maximum atomic E-state index is 12.0. The average Bonchev–Trinajstić information content (AvgIpc) is 2.29. The quantitative estimate of drug-likeness (QED) is 0.618. The fourth-order valence-electron chi connectivity index (χ4n) is 1.44. The van der Waals surface area contributed by atoms with E-state index < -0.39 is 24.1 Å². The molecule has 0 radical (unpaired) electrons. The van der Waals surface area contributed by atoms with Crippen molar-refractivity contribution < 1.29 is 27.5 Å². The third-order valence-electron chi connectivity index (χ3n) is 2.24. The third kappa shape index (κ3) is 2.39. The molecule has 0 saturated heterocycles. The van der Waals surface area contributed by atoms with Crippen molar-refractivity contribution >= 4 is 17.7 Å². The smallest absolute Gasteiger partial charge is 0.401 e. The predicted octanol–water partition coefficient (Wildman–Crippen LogP) is 1.49.